The lowest BCUT2D eigenvalue weighted by molar-refractivity contribution is 1.43. The normalized spacial score (nSPS) is 12.1. The van der Waals surface area contributed by atoms with Crippen molar-refractivity contribution in [2.24, 2.45) is 0 Å². The first kappa shape index (κ1) is 30.9. The van der Waals surface area contributed by atoms with E-state index in [9.17, 15) is 10.5 Å². The van der Waals surface area contributed by atoms with E-state index in [0.29, 0.717) is 11.1 Å². The summed E-state index contributed by atoms with van der Waals surface area (Å²) in [6, 6.07) is 57.8. The quantitative estimate of drug-likeness (QED) is 0.168. The highest BCUT2D eigenvalue weighted by Gasteiger charge is 2.27. The SMILES string of the molecule is Cc1ccc(C#N)c(-c2c3cc4c(cc3c(-c3cc(C)ccc3C#N)c3c5cc6ccccc6c6cccc(c23)c65)c2cccc3c5ccccc5cc4c32)c1. The summed E-state index contributed by atoms with van der Waals surface area (Å²) < 4.78 is 0. The van der Waals surface area contributed by atoms with Crippen LogP contribution in [-0.4, -0.2) is 0 Å². The van der Waals surface area contributed by atoms with E-state index >= 15 is 0 Å². The minimum atomic E-state index is 0.644. The van der Waals surface area contributed by atoms with Gasteiger partial charge < -0.3 is 0 Å². The van der Waals surface area contributed by atoms with E-state index in [-0.39, 0.29) is 0 Å². The van der Waals surface area contributed by atoms with Gasteiger partial charge in [-0.25, -0.2) is 0 Å². The van der Waals surface area contributed by atoms with Crippen molar-refractivity contribution < 1.29 is 0 Å². The van der Waals surface area contributed by atoms with Crippen molar-refractivity contribution in [1.82, 2.24) is 0 Å². The third-order valence-corrected chi connectivity index (χ3v) is 12.5. The lowest BCUT2D eigenvalue weighted by atomic mass is 9.83. The second-order valence-corrected chi connectivity index (χ2v) is 15.5. The lowest BCUT2D eigenvalue weighted by Crippen LogP contribution is -1.94. The molecule has 56 heavy (non-hydrogen) atoms. The number of benzene rings is 10. The number of hydrogen-bond acceptors (Lipinski definition) is 2. The summed E-state index contributed by atoms with van der Waals surface area (Å²) in [5.74, 6) is 0. The van der Waals surface area contributed by atoms with Crippen molar-refractivity contribution >= 4 is 97.0 Å². The Labute approximate surface area is 322 Å². The molecule has 256 valence electrons. The van der Waals surface area contributed by atoms with Crippen molar-refractivity contribution in [2.75, 3.05) is 0 Å². The van der Waals surface area contributed by atoms with Crippen LogP contribution in [-0.2, 0) is 0 Å². The second kappa shape index (κ2) is 11.0. The van der Waals surface area contributed by atoms with Crippen LogP contribution in [0, 0.1) is 36.5 Å². The van der Waals surface area contributed by atoms with Gasteiger partial charge in [-0.3, -0.25) is 0 Å². The lowest BCUT2D eigenvalue weighted by Gasteiger charge is -2.19. The molecule has 0 aliphatic carbocycles. The highest BCUT2D eigenvalue weighted by atomic mass is 14.3. The van der Waals surface area contributed by atoms with Crippen LogP contribution in [0.15, 0.2) is 146 Å². The molecule has 2 nitrogen and oxygen atoms in total. The Kier molecular flexibility index (Phi) is 6.08. The van der Waals surface area contributed by atoms with Crippen molar-refractivity contribution in [3.63, 3.8) is 0 Å². The molecule has 0 amide bonds. The number of hydrogen-bond donors (Lipinski definition) is 0. The molecular weight excluding hydrogens is 677 g/mol. The van der Waals surface area contributed by atoms with Gasteiger partial charge in [0.15, 0.2) is 0 Å². The molecule has 0 aliphatic heterocycles. The molecule has 0 atom stereocenters. The maximum Gasteiger partial charge on any atom is 0.0998 e. The standard InChI is InChI=1S/C54H30N2/c1-29-17-19-33(27-55)41(21-29)51-47-26-44-43(39-15-7-13-37-35-11-5-3-9-31(35)23-45(44)49(37)39)25-46(47)52(42-22-30(2)18-20-34(42)28-56)54-48-24-32-10-4-6-12-36(32)38-14-8-16-40(50(38)48)53(51)54/h3-26H,1-2H3. The van der Waals surface area contributed by atoms with E-state index < -0.39 is 0 Å². The summed E-state index contributed by atoms with van der Waals surface area (Å²) in [6.45, 7) is 4.21. The number of nitriles is 2. The zero-order valence-electron chi connectivity index (χ0n) is 30.8. The molecule has 12 aromatic rings. The molecule has 0 bridgehead atoms. The second-order valence-electron chi connectivity index (χ2n) is 15.5. The number of aryl methyl sites for hydroxylation is 2. The van der Waals surface area contributed by atoms with Gasteiger partial charge in [-0.05, 0) is 158 Å². The van der Waals surface area contributed by atoms with Crippen molar-refractivity contribution in [1.29, 1.82) is 10.5 Å². The van der Waals surface area contributed by atoms with Crippen LogP contribution in [0.5, 0.6) is 0 Å². The van der Waals surface area contributed by atoms with E-state index in [1.807, 2.05) is 24.3 Å². The summed E-state index contributed by atoms with van der Waals surface area (Å²) in [4.78, 5) is 0. The van der Waals surface area contributed by atoms with Gasteiger partial charge in [0.2, 0.25) is 0 Å². The van der Waals surface area contributed by atoms with Crippen LogP contribution in [0.4, 0.5) is 0 Å². The molecule has 0 unspecified atom stereocenters. The molecular formula is C54H30N2. The highest BCUT2D eigenvalue weighted by Crippen LogP contribution is 2.55. The van der Waals surface area contributed by atoms with E-state index in [1.54, 1.807) is 0 Å². The van der Waals surface area contributed by atoms with Crippen LogP contribution < -0.4 is 0 Å². The van der Waals surface area contributed by atoms with Gasteiger partial charge >= 0.3 is 0 Å². The Hall–Kier alpha value is -7.52. The molecule has 0 radical (unpaired) electrons. The molecule has 2 heteroatoms. The van der Waals surface area contributed by atoms with Gasteiger partial charge in [0.05, 0.1) is 23.3 Å². The fourth-order valence-electron chi connectivity index (χ4n) is 10.2. The zero-order valence-corrected chi connectivity index (χ0v) is 30.8. The monoisotopic (exact) mass is 706 g/mol. The Balaban J connectivity index is 1.44. The van der Waals surface area contributed by atoms with E-state index in [2.05, 4.69) is 147 Å². The number of nitrogens with zero attached hydrogens (tertiary/aromatic N) is 2. The van der Waals surface area contributed by atoms with Gasteiger partial charge in [-0.2, -0.15) is 10.5 Å². The minimum absolute atomic E-state index is 0.644. The van der Waals surface area contributed by atoms with Crippen LogP contribution >= 0.6 is 0 Å². The Bertz CT molecular complexity index is 3800. The third-order valence-electron chi connectivity index (χ3n) is 12.5. The average Bonchev–Trinajstić information content (AvgIpc) is 3.72. The summed E-state index contributed by atoms with van der Waals surface area (Å²) in [5, 5.41) is 42.9. The van der Waals surface area contributed by atoms with Gasteiger partial charge in [0.1, 0.15) is 0 Å². The minimum Gasteiger partial charge on any atom is -0.192 e. The molecule has 0 saturated carbocycles. The fraction of sp³-hybridized carbons (Fsp3) is 0.0370. The molecule has 0 heterocycles. The molecule has 0 N–H and O–H groups in total. The Morgan fingerprint density at radius 1 is 0.321 bits per heavy atom. The van der Waals surface area contributed by atoms with Crippen molar-refractivity contribution in [3.05, 3.63) is 168 Å². The number of rotatable bonds is 2. The first-order valence-electron chi connectivity index (χ1n) is 19.1. The summed E-state index contributed by atoms with van der Waals surface area (Å²) in [6.07, 6.45) is 0. The van der Waals surface area contributed by atoms with Gasteiger partial charge in [-0.1, -0.05) is 120 Å². The first-order chi connectivity index (χ1) is 27.5. The largest absolute Gasteiger partial charge is 0.192 e. The maximum absolute atomic E-state index is 10.8. The van der Waals surface area contributed by atoms with E-state index in [4.69, 9.17) is 0 Å². The summed E-state index contributed by atoms with van der Waals surface area (Å²) in [7, 11) is 0. The van der Waals surface area contributed by atoms with Crippen molar-refractivity contribution in [3.8, 4) is 34.4 Å². The van der Waals surface area contributed by atoms with Gasteiger partial charge in [0.25, 0.3) is 0 Å². The molecule has 0 aliphatic rings. The molecule has 0 spiro atoms. The smallest absolute Gasteiger partial charge is 0.0998 e. The predicted molar refractivity (Wildman–Crippen MR) is 236 cm³/mol. The van der Waals surface area contributed by atoms with Crippen LogP contribution in [0.2, 0.25) is 0 Å². The zero-order chi connectivity index (χ0) is 37.4. The maximum atomic E-state index is 10.8. The summed E-state index contributed by atoms with van der Waals surface area (Å²) in [5.41, 5.74) is 7.47. The number of fused-ring (bicyclic) bond motifs is 11. The van der Waals surface area contributed by atoms with Crippen LogP contribution in [0.1, 0.15) is 22.3 Å². The summed E-state index contributed by atoms with van der Waals surface area (Å²) >= 11 is 0. The van der Waals surface area contributed by atoms with Crippen LogP contribution in [0.3, 0.4) is 0 Å². The van der Waals surface area contributed by atoms with Gasteiger partial charge in [-0.15, -0.1) is 0 Å². The van der Waals surface area contributed by atoms with E-state index in [1.165, 1.54) is 64.6 Å². The predicted octanol–water partition coefficient (Wildman–Crippen LogP) is 14.6. The van der Waals surface area contributed by atoms with E-state index in [0.717, 1.165) is 65.7 Å². The molecule has 12 aromatic carbocycles. The Morgan fingerprint density at radius 3 is 1.30 bits per heavy atom. The molecule has 12 rings (SSSR count). The van der Waals surface area contributed by atoms with Crippen molar-refractivity contribution in [2.45, 2.75) is 13.8 Å². The molecule has 0 saturated heterocycles. The third kappa shape index (κ3) is 3.93. The Morgan fingerprint density at radius 2 is 0.750 bits per heavy atom. The topological polar surface area (TPSA) is 47.6 Å². The fourth-order valence-corrected chi connectivity index (χ4v) is 10.2. The average molecular weight is 707 g/mol. The first-order valence-corrected chi connectivity index (χ1v) is 19.1. The molecule has 0 aromatic heterocycles. The van der Waals surface area contributed by atoms with Crippen LogP contribution in [0.25, 0.3) is 119 Å². The highest BCUT2D eigenvalue weighted by molar-refractivity contribution is 6.44. The molecule has 0 fully saturated rings. The van der Waals surface area contributed by atoms with Gasteiger partial charge in [0, 0.05) is 11.1 Å².